The number of hydrogen-bond donors (Lipinski definition) is 2. The van der Waals surface area contributed by atoms with Gasteiger partial charge in [-0.05, 0) is 39.7 Å². The Kier molecular flexibility index (Phi) is 6.42. The molecule has 4 nitrogen and oxygen atoms in total. The van der Waals surface area contributed by atoms with Crippen molar-refractivity contribution >= 4 is 5.97 Å². The molecule has 0 aromatic heterocycles. The Hall–Kier alpha value is -0.610. The van der Waals surface area contributed by atoms with Gasteiger partial charge in [0.15, 0.2) is 0 Å². The summed E-state index contributed by atoms with van der Waals surface area (Å²) in [6.45, 7) is 5.86. The maximum Gasteiger partial charge on any atom is 0.319 e. The van der Waals surface area contributed by atoms with Crippen molar-refractivity contribution in [3.8, 4) is 0 Å². The molecule has 1 aliphatic heterocycles. The molecule has 1 heterocycles. The molecule has 1 rings (SSSR count). The molecule has 0 aliphatic carbocycles. The highest BCUT2D eigenvalue weighted by atomic mass is 16.5. The number of nitrogens with one attached hydrogen (secondary N) is 2. The van der Waals surface area contributed by atoms with Gasteiger partial charge in [-0.1, -0.05) is 6.42 Å². The maximum absolute atomic E-state index is 11.1. The van der Waals surface area contributed by atoms with Crippen LogP contribution < -0.4 is 10.6 Å². The summed E-state index contributed by atoms with van der Waals surface area (Å²) in [6.07, 6.45) is 4.95. The quantitative estimate of drug-likeness (QED) is 0.667. The number of piperidine rings is 1. The van der Waals surface area contributed by atoms with Crippen molar-refractivity contribution in [2.24, 2.45) is 0 Å². The fourth-order valence-electron chi connectivity index (χ4n) is 2.10. The van der Waals surface area contributed by atoms with Crippen LogP contribution in [0.15, 0.2) is 0 Å². The van der Waals surface area contributed by atoms with Gasteiger partial charge in [-0.2, -0.15) is 0 Å². The van der Waals surface area contributed by atoms with Crippen LogP contribution in [0.25, 0.3) is 0 Å². The average molecular weight is 228 g/mol. The van der Waals surface area contributed by atoms with Crippen LogP contribution in [0.3, 0.4) is 0 Å². The van der Waals surface area contributed by atoms with E-state index in [1.54, 1.807) is 0 Å². The van der Waals surface area contributed by atoms with Crippen molar-refractivity contribution in [1.29, 1.82) is 0 Å². The Bertz CT molecular complexity index is 203. The summed E-state index contributed by atoms with van der Waals surface area (Å²) in [5.41, 5.74) is 0. The molecular formula is C12H24N2O2. The Morgan fingerprint density at radius 2 is 2.38 bits per heavy atom. The van der Waals surface area contributed by atoms with E-state index in [0.29, 0.717) is 25.2 Å². The SMILES string of the molecule is CCOC(=O)CNC(C)CC1CCCCN1. The van der Waals surface area contributed by atoms with Crippen molar-refractivity contribution < 1.29 is 9.53 Å². The van der Waals surface area contributed by atoms with Crippen LogP contribution in [-0.2, 0) is 9.53 Å². The molecule has 1 saturated heterocycles. The Labute approximate surface area is 98.1 Å². The summed E-state index contributed by atoms with van der Waals surface area (Å²) in [4.78, 5) is 11.1. The van der Waals surface area contributed by atoms with Crippen molar-refractivity contribution in [2.45, 2.75) is 51.6 Å². The minimum atomic E-state index is -0.161. The van der Waals surface area contributed by atoms with Gasteiger partial charge in [0.05, 0.1) is 13.2 Å². The highest BCUT2D eigenvalue weighted by Gasteiger charge is 2.16. The van der Waals surface area contributed by atoms with E-state index >= 15 is 0 Å². The van der Waals surface area contributed by atoms with Crippen molar-refractivity contribution in [3.05, 3.63) is 0 Å². The summed E-state index contributed by atoms with van der Waals surface area (Å²) in [5.74, 6) is -0.161. The molecule has 16 heavy (non-hydrogen) atoms. The highest BCUT2D eigenvalue weighted by Crippen LogP contribution is 2.11. The molecule has 2 N–H and O–H groups in total. The van der Waals surface area contributed by atoms with Crippen LogP contribution in [0, 0.1) is 0 Å². The smallest absolute Gasteiger partial charge is 0.319 e. The van der Waals surface area contributed by atoms with Gasteiger partial charge in [-0.3, -0.25) is 4.79 Å². The summed E-state index contributed by atoms with van der Waals surface area (Å²) >= 11 is 0. The van der Waals surface area contributed by atoms with Crippen LogP contribution in [0.5, 0.6) is 0 Å². The maximum atomic E-state index is 11.1. The number of carbonyl (C=O) groups is 1. The molecule has 94 valence electrons. The Morgan fingerprint density at radius 1 is 1.56 bits per heavy atom. The van der Waals surface area contributed by atoms with Gasteiger partial charge < -0.3 is 15.4 Å². The largest absolute Gasteiger partial charge is 0.465 e. The third-order valence-corrected chi connectivity index (χ3v) is 2.95. The van der Waals surface area contributed by atoms with Crippen molar-refractivity contribution in [2.75, 3.05) is 19.7 Å². The van der Waals surface area contributed by atoms with Crippen LogP contribution >= 0.6 is 0 Å². The van der Waals surface area contributed by atoms with E-state index in [-0.39, 0.29) is 5.97 Å². The molecule has 0 saturated carbocycles. The molecule has 1 aliphatic rings. The minimum absolute atomic E-state index is 0.161. The van der Waals surface area contributed by atoms with Gasteiger partial charge in [-0.15, -0.1) is 0 Å². The second kappa shape index (κ2) is 7.63. The number of esters is 1. The third kappa shape index (κ3) is 5.47. The van der Waals surface area contributed by atoms with E-state index in [1.165, 1.54) is 19.3 Å². The van der Waals surface area contributed by atoms with E-state index < -0.39 is 0 Å². The summed E-state index contributed by atoms with van der Waals surface area (Å²) in [5, 5.41) is 6.71. The molecular weight excluding hydrogens is 204 g/mol. The molecule has 0 spiro atoms. The number of ether oxygens (including phenoxy) is 1. The van der Waals surface area contributed by atoms with E-state index in [2.05, 4.69) is 17.6 Å². The minimum Gasteiger partial charge on any atom is -0.465 e. The first-order chi connectivity index (χ1) is 7.72. The monoisotopic (exact) mass is 228 g/mol. The zero-order valence-electron chi connectivity index (χ0n) is 10.4. The predicted octanol–water partition coefficient (Wildman–Crippen LogP) is 1.06. The molecule has 0 aromatic rings. The van der Waals surface area contributed by atoms with Crippen LogP contribution in [0.1, 0.15) is 39.5 Å². The molecule has 1 fully saturated rings. The van der Waals surface area contributed by atoms with Gasteiger partial charge in [0.2, 0.25) is 0 Å². The van der Waals surface area contributed by atoms with Crippen molar-refractivity contribution in [3.63, 3.8) is 0 Å². The lowest BCUT2D eigenvalue weighted by atomic mass is 9.99. The van der Waals surface area contributed by atoms with E-state index in [1.807, 2.05) is 6.92 Å². The van der Waals surface area contributed by atoms with E-state index in [4.69, 9.17) is 4.74 Å². The lowest BCUT2D eigenvalue weighted by molar-refractivity contribution is -0.142. The summed E-state index contributed by atoms with van der Waals surface area (Å²) in [6, 6.07) is 0.971. The molecule has 2 atom stereocenters. The van der Waals surface area contributed by atoms with Gasteiger partial charge in [0, 0.05) is 12.1 Å². The standard InChI is InChI=1S/C12H24N2O2/c1-3-16-12(15)9-14-10(2)8-11-6-4-5-7-13-11/h10-11,13-14H,3-9H2,1-2H3. The predicted molar refractivity (Wildman–Crippen MR) is 64.4 cm³/mol. The van der Waals surface area contributed by atoms with Gasteiger partial charge in [-0.25, -0.2) is 0 Å². The first-order valence-electron chi connectivity index (χ1n) is 6.34. The molecule has 0 radical (unpaired) electrons. The van der Waals surface area contributed by atoms with Crippen molar-refractivity contribution in [1.82, 2.24) is 10.6 Å². The third-order valence-electron chi connectivity index (χ3n) is 2.95. The molecule has 0 bridgehead atoms. The Morgan fingerprint density at radius 3 is 3.00 bits per heavy atom. The summed E-state index contributed by atoms with van der Waals surface area (Å²) < 4.78 is 4.87. The second-order valence-corrected chi connectivity index (χ2v) is 4.47. The second-order valence-electron chi connectivity index (χ2n) is 4.47. The average Bonchev–Trinajstić information content (AvgIpc) is 2.28. The lowest BCUT2D eigenvalue weighted by Gasteiger charge is -2.26. The fraction of sp³-hybridized carbons (Fsp3) is 0.917. The van der Waals surface area contributed by atoms with E-state index in [9.17, 15) is 4.79 Å². The zero-order chi connectivity index (χ0) is 11.8. The van der Waals surface area contributed by atoms with Crippen LogP contribution in [0.4, 0.5) is 0 Å². The van der Waals surface area contributed by atoms with E-state index in [0.717, 1.165) is 13.0 Å². The molecule has 0 aromatic carbocycles. The number of hydrogen-bond acceptors (Lipinski definition) is 4. The topological polar surface area (TPSA) is 50.4 Å². The zero-order valence-corrected chi connectivity index (χ0v) is 10.4. The molecule has 0 amide bonds. The highest BCUT2D eigenvalue weighted by molar-refractivity contribution is 5.71. The normalized spacial score (nSPS) is 22.8. The van der Waals surface area contributed by atoms with Crippen LogP contribution in [0.2, 0.25) is 0 Å². The first kappa shape index (κ1) is 13.5. The fourth-order valence-corrected chi connectivity index (χ4v) is 2.10. The van der Waals surface area contributed by atoms with Crippen LogP contribution in [-0.4, -0.2) is 37.7 Å². The number of carbonyl (C=O) groups excluding carboxylic acids is 1. The first-order valence-corrected chi connectivity index (χ1v) is 6.34. The number of rotatable bonds is 6. The molecule has 4 heteroatoms. The lowest BCUT2D eigenvalue weighted by Crippen LogP contribution is -2.41. The molecule has 2 unspecified atom stereocenters. The van der Waals surface area contributed by atoms with Gasteiger partial charge >= 0.3 is 5.97 Å². The van der Waals surface area contributed by atoms with Gasteiger partial charge in [0.1, 0.15) is 0 Å². The summed E-state index contributed by atoms with van der Waals surface area (Å²) in [7, 11) is 0. The van der Waals surface area contributed by atoms with Gasteiger partial charge in [0.25, 0.3) is 0 Å². The Balaban J connectivity index is 2.09.